The van der Waals surface area contributed by atoms with Crippen LogP contribution in [0.3, 0.4) is 0 Å². The lowest BCUT2D eigenvalue weighted by molar-refractivity contribution is 0.129. The van der Waals surface area contributed by atoms with Gasteiger partial charge in [0.15, 0.2) is 0 Å². The van der Waals surface area contributed by atoms with Gasteiger partial charge in [-0.25, -0.2) is 9.46 Å². The molecule has 0 aliphatic heterocycles. The molecule has 0 spiro atoms. The molecule has 0 saturated carbocycles. The van der Waals surface area contributed by atoms with Crippen LogP contribution >= 0.6 is 19.1 Å². The SMILES string of the molecule is C=CCN(C(=O)OCC)P(=O)(OC)c1ccc(Oc2ccc(Cl)cc2)cc1. The van der Waals surface area contributed by atoms with E-state index in [0.29, 0.717) is 21.8 Å². The number of hydrogen-bond donors (Lipinski definition) is 0. The molecule has 1 amide bonds. The summed E-state index contributed by atoms with van der Waals surface area (Å²) in [5, 5.41) is 0.948. The molecule has 0 aliphatic rings. The molecule has 2 rings (SSSR count). The molecular weight excluding hydrogens is 389 g/mol. The zero-order valence-corrected chi connectivity index (χ0v) is 16.8. The standard InChI is InChI=1S/C19H21ClNO5P/c1-4-14-21(19(22)25-5-2)27(23,24-3)18-12-10-17(11-13-18)26-16-8-6-15(20)7-9-16/h4,6-13H,1,5,14H2,2-3H3. The first kappa shape index (κ1) is 21.0. The highest BCUT2D eigenvalue weighted by molar-refractivity contribution is 7.65. The van der Waals surface area contributed by atoms with Crippen LogP contribution in [0.2, 0.25) is 5.02 Å². The topological polar surface area (TPSA) is 65.1 Å². The van der Waals surface area contributed by atoms with E-state index in [1.165, 1.54) is 13.2 Å². The first-order valence-corrected chi connectivity index (χ1v) is 10.2. The fraction of sp³-hybridized carbons (Fsp3) is 0.211. The maximum absolute atomic E-state index is 13.4. The van der Waals surface area contributed by atoms with E-state index in [9.17, 15) is 9.36 Å². The van der Waals surface area contributed by atoms with E-state index < -0.39 is 13.6 Å². The van der Waals surface area contributed by atoms with Gasteiger partial charge in [-0.1, -0.05) is 17.7 Å². The number of ether oxygens (including phenoxy) is 2. The number of carbonyl (C=O) groups excluding carboxylic acids is 1. The van der Waals surface area contributed by atoms with Gasteiger partial charge in [-0.2, -0.15) is 0 Å². The van der Waals surface area contributed by atoms with Crippen molar-refractivity contribution in [1.82, 2.24) is 4.67 Å². The monoisotopic (exact) mass is 409 g/mol. The molecule has 0 saturated heterocycles. The van der Waals surface area contributed by atoms with Crippen LogP contribution < -0.4 is 10.0 Å². The highest BCUT2D eigenvalue weighted by atomic mass is 35.5. The summed E-state index contributed by atoms with van der Waals surface area (Å²) in [6.07, 6.45) is 0.727. The van der Waals surface area contributed by atoms with E-state index in [1.54, 1.807) is 55.5 Å². The van der Waals surface area contributed by atoms with Crippen LogP contribution in [-0.2, 0) is 13.8 Å². The minimum atomic E-state index is -3.66. The number of rotatable bonds is 8. The first-order chi connectivity index (χ1) is 12.9. The first-order valence-electron chi connectivity index (χ1n) is 8.20. The summed E-state index contributed by atoms with van der Waals surface area (Å²) in [6, 6.07) is 13.4. The van der Waals surface area contributed by atoms with E-state index in [-0.39, 0.29) is 13.2 Å². The second-order valence-electron chi connectivity index (χ2n) is 5.32. The minimum absolute atomic E-state index is 0.0208. The van der Waals surface area contributed by atoms with Crippen LogP contribution in [0.5, 0.6) is 11.5 Å². The van der Waals surface area contributed by atoms with Gasteiger partial charge in [0.25, 0.3) is 0 Å². The maximum atomic E-state index is 13.4. The van der Waals surface area contributed by atoms with Gasteiger partial charge in [0.2, 0.25) is 0 Å². The molecule has 6 nitrogen and oxygen atoms in total. The van der Waals surface area contributed by atoms with Crippen LogP contribution in [0.15, 0.2) is 61.2 Å². The predicted octanol–water partition coefficient (Wildman–Crippen LogP) is 5.24. The second kappa shape index (κ2) is 9.60. The van der Waals surface area contributed by atoms with Gasteiger partial charge in [-0.3, -0.25) is 4.57 Å². The van der Waals surface area contributed by atoms with E-state index in [2.05, 4.69) is 6.58 Å². The van der Waals surface area contributed by atoms with E-state index in [1.807, 2.05) is 0 Å². The molecule has 0 radical (unpaired) electrons. The van der Waals surface area contributed by atoms with Crippen LogP contribution in [0.25, 0.3) is 0 Å². The van der Waals surface area contributed by atoms with E-state index in [4.69, 9.17) is 25.6 Å². The average molecular weight is 410 g/mol. The Kier molecular flexibility index (Phi) is 7.48. The normalized spacial score (nSPS) is 12.7. The van der Waals surface area contributed by atoms with Gasteiger partial charge < -0.3 is 14.0 Å². The molecule has 1 unspecified atom stereocenters. The molecule has 2 aromatic rings. The zero-order chi connectivity index (χ0) is 19.9. The third-order valence-corrected chi connectivity index (χ3v) is 6.22. The van der Waals surface area contributed by atoms with Crippen molar-refractivity contribution in [3.05, 3.63) is 66.2 Å². The third-order valence-electron chi connectivity index (χ3n) is 3.56. The second-order valence-corrected chi connectivity index (χ2v) is 8.16. The summed E-state index contributed by atoms with van der Waals surface area (Å²) >= 11 is 5.85. The Bertz CT molecular complexity index is 823. The molecule has 27 heavy (non-hydrogen) atoms. The van der Waals surface area contributed by atoms with Gasteiger partial charge in [-0.05, 0) is 55.5 Å². The van der Waals surface area contributed by atoms with Crippen molar-refractivity contribution in [3.63, 3.8) is 0 Å². The minimum Gasteiger partial charge on any atom is -0.457 e. The molecule has 1 atom stereocenters. The maximum Gasteiger partial charge on any atom is 0.417 e. The summed E-state index contributed by atoms with van der Waals surface area (Å²) in [4.78, 5) is 12.2. The Hall–Kier alpha value is -2.27. The molecule has 0 aromatic heterocycles. The Labute approximate surface area is 163 Å². The lowest BCUT2D eigenvalue weighted by atomic mass is 10.3. The lowest BCUT2D eigenvalue weighted by Crippen LogP contribution is -2.33. The Morgan fingerprint density at radius 2 is 1.70 bits per heavy atom. The number of halogens is 1. The van der Waals surface area contributed by atoms with Crippen LogP contribution in [-0.4, -0.2) is 31.0 Å². The summed E-state index contributed by atoms with van der Waals surface area (Å²) in [6.45, 7) is 5.44. The Balaban J connectivity index is 2.27. The number of amides is 1. The molecular formula is C19H21ClNO5P. The van der Waals surface area contributed by atoms with Crippen molar-refractivity contribution < 1.29 is 23.4 Å². The number of hydrogen-bond acceptors (Lipinski definition) is 5. The van der Waals surface area contributed by atoms with Gasteiger partial charge in [-0.15, -0.1) is 6.58 Å². The lowest BCUT2D eigenvalue weighted by Gasteiger charge is -2.28. The average Bonchev–Trinajstić information content (AvgIpc) is 2.68. The number of nitrogens with zero attached hydrogens (tertiary/aromatic N) is 1. The highest BCUT2D eigenvalue weighted by Crippen LogP contribution is 2.49. The fourth-order valence-corrected chi connectivity index (χ4v) is 4.24. The quantitative estimate of drug-likeness (QED) is 0.440. The largest absolute Gasteiger partial charge is 0.457 e. The highest BCUT2D eigenvalue weighted by Gasteiger charge is 2.37. The predicted molar refractivity (Wildman–Crippen MR) is 106 cm³/mol. The van der Waals surface area contributed by atoms with Crippen molar-refractivity contribution in [2.24, 2.45) is 0 Å². The van der Waals surface area contributed by atoms with Crippen molar-refractivity contribution in [2.45, 2.75) is 6.92 Å². The van der Waals surface area contributed by atoms with Crippen molar-refractivity contribution in [3.8, 4) is 11.5 Å². The van der Waals surface area contributed by atoms with Gasteiger partial charge in [0, 0.05) is 12.1 Å². The molecule has 0 heterocycles. The number of benzene rings is 2. The summed E-state index contributed by atoms with van der Waals surface area (Å²) < 4.78 is 30.4. The van der Waals surface area contributed by atoms with Crippen molar-refractivity contribution in [1.29, 1.82) is 0 Å². The van der Waals surface area contributed by atoms with Crippen LogP contribution in [0, 0.1) is 0 Å². The molecule has 0 fully saturated rings. The van der Waals surface area contributed by atoms with Crippen LogP contribution in [0.1, 0.15) is 6.92 Å². The number of carbonyl (C=O) groups is 1. The molecule has 144 valence electrons. The molecule has 2 aromatic carbocycles. The summed E-state index contributed by atoms with van der Waals surface area (Å²) in [5.41, 5.74) is 0. The molecule has 0 N–H and O–H groups in total. The molecule has 0 aliphatic carbocycles. The van der Waals surface area contributed by atoms with Crippen molar-refractivity contribution in [2.75, 3.05) is 20.3 Å². The van der Waals surface area contributed by atoms with Crippen LogP contribution in [0.4, 0.5) is 4.79 Å². The van der Waals surface area contributed by atoms with E-state index >= 15 is 0 Å². The van der Waals surface area contributed by atoms with E-state index in [0.717, 1.165) is 4.67 Å². The summed E-state index contributed by atoms with van der Waals surface area (Å²) in [7, 11) is -2.37. The molecule has 0 bridgehead atoms. The third kappa shape index (κ3) is 5.13. The summed E-state index contributed by atoms with van der Waals surface area (Å²) in [5.74, 6) is 1.15. The van der Waals surface area contributed by atoms with Crippen molar-refractivity contribution >= 4 is 30.5 Å². The smallest absolute Gasteiger partial charge is 0.417 e. The Morgan fingerprint density at radius 1 is 1.15 bits per heavy atom. The van der Waals surface area contributed by atoms with Gasteiger partial charge >= 0.3 is 13.6 Å². The van der Waals surface area contributed by atoms with Gasteiger partial charge in [0.05, 0.1) is 18.5 Å². The molecule has 8 heteroatoms. The zero-order valence-electron chi connectivity index (χ0n) is 15.1. The van der Waals surface area contributed by atoms with Gasteiger partial charge in [0.1, 0.15) is 11.5 Å². The fourth-order valence-electron chi connectivity index (χ4n) is 2.29. The Morgan fingerprint density at radius 3 is 2.19 bits per heavy atom.